The molecule has 29 heavy (non-hydrogen) atoms. The molecule has 0 spiro atoms. The van der Waals surface area contributed by atoms with E-state index in [-0.39, 0.29) is 0 Å². The van der Waals surface area contributed by atoms with Crippen molar-refractivity contribution in [2.45, 2.75) is 0 Å². The lowest BCUT2D eigenvalue weighted by Gasteiger charge is -2.29. The highest BCUT2D eigenvalue weighted by Crippen LogP contribution is 2.28. The molecule has 0 radical (unpaired) electrons. The summed E-state index contributed by atoms with van der Waals surface area (Å²) in [5.74, 6) is -0.502. The van der Waals surface area contributed by atoms with Gasteiger partial charge in [0, 0.05) is 54.7 Å². The van der Waals surface area contributed by atoms with E-state index >= 15 is 0 Å². The highest BCUT2D eigenvalue weighted by atomic mass is 19.1. The average molecular weight is 389 g/mol. The molecule has 1 fully saturated rings. The van der Waals surface area contributed by atoms with Crippen LogP contribution in [0.1, 0.15) is 0 Å². The van der Waals surface area contributed by atoms with Crippen molar-refractivity contribution < 1.29 is 9.13 Å². The van der Waals surface area contributed by atoms with Crippen molar-refractivity contribution in [2.75, 3.05) is 36.5 Å². The number of halogens is 1. The number of rotatable bonds is 4. The Balaban J connectivity index is 1.43. The fourth-order valence-corrected chi connectivity index (χ4v) is 3.64. The third kappa shape index (κ3) is 3.52. The van der Waals surface area contributed by atoms with Crippen LogP contribution in [0, 0.1) is 5.95 Å². The largest absolute Gasteiger partial charge is 0.378 e. The molecule has 0 amide bonds. The minimum Gasteiger partial charge on any atom is -0.378 e. The Hall–Kier alpha value is -3.45. The summed E-state index contributed by atoms with van der Waals surface area (Å²) in [7, 11) is 0. The van der Waals surface area contributed by atoms with E-state index in [2.05, 4.69) is 44.5 Å². The molecular weight excluding hydrogens is 369 g/mol. The van der Waals surface area contributed by atoms with E-state index < -0.39 is 5.95 Å². The van der Waals surface area contributed by atoms with Gasteiger partial charge in [0.1, 0.15) is 0 Å². The lowest BCUT2D eigenvalue weighted by atomic mass is 10.1. The molecule has 4 heterocycles. The Morgan fingerprint density at radius 3 is 2.55 bits per heavy atom. The number of fused-ring (bicyclic) bond motifs is 1. The van der Waals surface area contributed by atoms with Crippen LogP contribution in [-0.2, 0) is 4.74 Å². The van der Waals surface area contributed by atoms with Crippen LogP contribution < -0.4 is 10.2 Å². The van der Waals surface area contributed by atoms with Gasteiger partial charge in [-0.05, 0) is 42.5 Å². The first-order valence-electron chi connectivity index (χ1n) is 9.56. The van der Waals surface area contributed by atoms with Gasteiger partial charge in [0.2, 0.25) is 5.95 Å². The van der Waals surface area contributed by atoms with E-state index in [1.54, 1.807) is 12.3 Å². The Morgan fingerprint density at radius 2 is 1.76 bits per heavy atom. The third-order valence-electron chi connectivity index (χ3n) is 5.09. The summed E-state index contributed by atoms with van der Waals surface area (Å²) in [6, 6.07) is 15.5. The maximum absolute atomic E-state index is 13.6. The summed E-state index contributed by atoms with van der Waals surface area (Å²) in [6.07, 6.45) is 5.08. The van der Waals surface area contributed by atoms with Gasteiger partial charge in [0.25, 0.3) is 0 Å². The van der Waals surface area contributed by atoms with Crippen molar-refractivity contribution in [3.05, 3.63) is 73.1 Å². The molecule has 1 saturated heterocycles. The van der Waals surface area contributed by atoms with Crippen molar-refractivity contribution in [3.8, 4) is 11.3 Å². The average Bonchev–Trinajstić information content (AvgIpc) is 3.26. The zero-order valence-corrected chi connectivity index (χ0v) is 15.8. The topological polar surface area (TPSA) is 54.7 Å². The molecule has 146 valence electrons. The number of aromatic nitrogens is 3. The van der Waals surface area contributed by atoms with Gasteiger partial charge in [-0.25, -0.2) is 9.97 Å². The van der Waals surface area contributed by atoms with E-state index in [1.165, 1.54) is 18.0 Å². The Bertz CT molecular complexity index is 1140. The molecule has 0 aliphatic carbocycles. The molecule has 0 unspecified atom stereocenters. The van der Waals surface area contributed by atoms with E-state index in [0.29, 0.717) is 0 Å². The standard InChI is InChI=1S/C22H20FN5O/c23-21-15-16(7-8-24-21)20-6-5-19(22-25-9-10-28(20)22)26-17-1-3-18(4-2-17)27-11-13-29-14-12-27/h1-10,15,26H,11-14H2. The Labute approximate surface area is 167 Å². The number of pyridine rings is 2. The number of nitrogens with zero attached hydrogens (tertiary/aromatic N) is 4. The molecule has 6 nitrogen and oxygen atoms in total. The van der Waals surface area contributed by atoms with Crippen LogP contribution in [0.5, 0.6) is 0 Å². The summed E-state index contributed by atoms with van der Waals surface area (Å²) >= 11 is 0. The van der Waals surface area contributed by atoms with Gasteiger partial charge in [-0.15, -0.1) is 0 Å². The SMILES string of the molecule is Fc1cc(-c2ccc(Nc3ccc(N4CCOCC4)cc3)c3nccn23)ccn1. The van der Waals surface area contributed by atoms with Crippen LogP contribution in [0.3, 0.4) is 0 Å². The summed E-state index contributed by atoms with van der Waals surface area (Å²) in [6.45, 7) is 3.37. The number of nitrogens with one attached hydrogen (secondary N) is 1. The molecule has 0 atom stereocenters. The predicted octanol–water partition coefficient (Wildman–Crippen LogP) is 4.12. The number of hydrogen-bond acceptors (Lipinski definition) is 5. The number of hydrogen-bond donors (Lipinski definition) is 1. The number of benzene rings is 1. The first-order chi connectivity index (χ1) is 14.3. The van der Waals surface area contributed by atoms with Crippen LogP contribution in [-0.4, -0.2) is 40.7 Å². The first-order valence-corrected chi connectivity index (χ1v) is 9.56. The second-order valence-electron chi connectivity index (χ2n) is 6.89. The van der Waals surface area contributed by atoms with Gasteiger partial charge in [0.05, 0.1) is 24.6 Å². The van der Waals surface area contributed by atoms with Crippen molar-refractivity contribution in [1.29, 1.82) is 0 Å². The van der Waals surface area contributed by atoms with Crippen LogP contribution in [0.2, 0.25) is 0 Å². The Morgan fingerprint density at radius 1 is 0.931 bits per heavy atom. The first kappa shape index (κ1) is 17.6. The number of imidazole rings is 1. The minimum atomic E-state index is -0.502. The fraction of sp³-hybridized carbons (Fsp3) is 0.182. The highest BCUT2D eigenvalue weighted by molar-refractivity contribution is 5.78. The van der Waals surface area contributed by atoms with Crippen LogP contribution in [0.4, 0.5) is 21.5 Å². The van der Waals surface area contributed by atoms with Crippen LogP contribution in [0.25, 0.3) is 16.9 Å². The van der Waals surface area contributed by atoms with Crippen molar-refractivity contribution in [1.82, 2.24) is 14.4 Å². The quantitative estimate of drug-likeness (QED) is 0.532. The summed E-state index contributed by atoms with van der Waals surface area (Å²) < 4.78 is 20.9. The zero-order chi connectivity index (χ0) is 19.6. The third-order valence-corrected chi connectivity index (χ3v) is 5.09. The van der Waals surface area contributed by atoms with Gasteiger partial charge in [0.15, 0.2) is 5.65 Å². The molecule has 4 aromatic rings. The summed E-state index contributed by atoms with van der Waals surface area (Å²) in [4.78, 5) is 10.4. The number of ether oxygens (including phenoxy) is 1. The molecular formula is C22H20FN5O. The fourth-order valence-electron chi connectivity index (χ4n) is 3.64. The van der Waals surface area contributed by atoms with E-state index in [4.69, 9.17) is 4.74 Å². The van der Waals surface area contributed by atoms with Gasteiger partial charge < -0.3 is 15.0 Å². The van der Waals surface area contributed by atoms with Gasteiger partial charge in [-0.2, -0.15) is 4.39 Å². The maximum Gasteiger partial charge on any atom is 0.213 e. The van der Waals surface area contributed by atoms with Crippen molar-refractivity contribution >= 4 is 22.7 Å². The smallest absolute Gasteiger partial charge is 0.213 e. The second kappa shape index (κ2) is 7.52. The van der Waals surface area contributed by atoms with Crippen molar-refractivity contribution in [2.24, 2.45) is 0 Å². The maximum atomic E-state index is 13.6. The molecule has 1 aliphatic rings. The number of anilines is 3. The monoisotopic (exact) mass is 389 g/mol. The van der Waals surface area contributed by atoms with Gasteiger partial charge in [-0.1, -0.05) is 0 Å². The lowest BCUT2D eigenvalue weighted by Crippen LogP contribution is -2.36. The number of morpholine rings is 1. The minimum absolute atomic E-state index is 0.502. The molecule has 1 aliphatic heterocycles. The molecule has 7 heteroatoms. The second-order valence-corrected chi connectivity index (χ2v) is 6.89. The summed E-state index contributed by atoms with van der Waals surface area (Å²) in [5.41, 5.74) is 5.44. The Kier molecular flexibility index (Phi) is 4.57. The molecule has 1 aromatic carbocycles. The van der Waals surface area contributed by atoms with Crippen LogP contribution in [0.15, 0.2) is 67.1 Å². The van der Waals surface area contributed by atoms with E-state index in [1.807, 2.05) is 22.7 Å². The predicted molar refractivity (Wildman–Crippen MR) is 111 cm³/mol. The molecule has 0 bridgehead atoms. The van der Waals surface area contributed by atoms with Crippen LogP contribution >= 0.6 is 0 Å². The molecule has 5 rings (SSSR count). The van der Waals surface area contributed by atoms with E-state index in [0.717, 1.165) is 54.6 Å². The van der Waals surface area contributed by atoms with Crippen molar-refractivity contribution in [3.63, 3.8) is 0 Å². The van der Waals surface area contributed by atoms with E-state index in [9.17, 15) is 4.39 Å². The van der Waals surface area contributed by atoms with Gasteiger partial charge in [-0.3, -0.25) is 4.40 Å². The normalized spacial score (nSPS) is 14.3. The molecule has 3 aromatic heterocycles. The lowest BCUT2D eigenvalue weighted by molar-refractivity contribution is 0.122. The zero-order valence-electron chi connectivity index (χ0n) is 15.8. The van der Waals surface area contributed by atoms with Gasteiger partial charge >= 0.3 is 0 Å². The highest BCUT2D eigenvalue weighted by Gasteiger charge is 2.12. The summed E-state index contributed by atoms with van der Waals surface area (Å²) in [5, 5.41) is 3.44. The molecule has 1 N–H and O–H groups in total. The molecule has 0 saturated carbocycles.